The van der Waals surface area contributed by atoms with E-state index in [4.69, 9.17) is 10.5 Å². The van der Waals surface area contributed by atoms with Crippen molar-refractivity contribution >= 4 is 15.9 Å². The summed E-state index contributed by atoms with van der Waals surface area (Å²) < 4.78 is 0.710. The largest absolute Gasteiger partial charge is 0.362 e. The lowest BCUT2D eigenvalue weighted by Gasteiger charge is -1.97. The molecule has 0 saturated heterocycles. The van der Waals surface area contributed by atoms with Crippen LogP contribution in [0.2, 0.25) is 0 Å². The van der Waals surface area contributed by atoms with Gasteiger partial charge in [0, 0.05) is 6.20 Å². The molecule has 1 aromatic heterocycles. The highest BCUT2D eigenvalue weighted by atomic mass is 79.9. The molecule has 0 aromatic carbocycles. The van der Waals surface area contributed by atoms with Gasteiger partial charge in [-0.3, -0.25) is 0 Å². The van der Waals surface area contributed by atoms with Gasteiger partial charge in [0.1, 0.15) is 6.07 Å². The minimum Gasteiger partial charge on any atom is -0.362 e. The van der Waals surface area contributed by atoms with Gasteiger partial charge in [-0.1, -0.05) is 0 Å². The molecule has 1 rings (SSSR count). The lowest BCUT2D eigenvalue weighted by molar-refractivity contribution is 0.930. The minimum absolute atomic E-state index is 0.272. The highest BCUT2D eigenvalue weighted by Crippen LogP contribution is 2.24. The summed E-state index contributed by atoms with van der Waals surface area (Å²) in [4.78, 5) is 2.88. The summed E-state index contributed by atoms with van der Waals surface area (Å²) in [7, 11) is 0. The molecule has 0 saturated carbocycles. The molecule has 0 aliphatic heterocycles. The maximum atomic E-state index is 8.72. The van der Waals surface area contributed by atoms with Crippen molar-refractivity contribution in [3.05, 3.63) is 21.9 Å². The number of halogens is 1. The van der Waals surface area contributed by atoms with Crippen LogP contribution in [0.4, 0.5) is 0 Å². The first-order chi connectivity index (χ1) is 5.70. The standard InChI is InChI=1S/C8H6BrN3/c1-5(2-10)8-6(3-11)7(9)4-12-8/h4-5,12H,1H3. The van der Waals surface area contributed by atoms with Crippen molar-refractivity contribution in [3.8, 4) is 12.1 Å². The van der Waals surface area contributed by atoms with E-state index in [1.165, 1.54) is 0 Å². The Bertz CT molecular complexity index is 367. The van der Waals surface area contributed by atoms with Crippen LogP contribution in [0, 0.1) is 22.7 Å². The summed E-state index contributed by atoms with van der Waals surface area (Å²) in [6, 6.07) is 4.10. The van der Waals surface area contributed by atoms with Gasteiger partial charge >= 0.3 is 0 Å². The fourth-order valence-electron chi connectivity index (χ4n) is 0.934. The molecule has 0 spiro atoms. The zero-order chi connectivity index (χ0) is 9.14. The highest BCUT2D eigenvalue weighted by molar-refractivity contribution is 9.10. The Balaban J connectivity index is 3.20. The fourth-order valence-corrected chi connectivity index (χ4v) is 1.35. The smallest absolute Gasteiger partial charge is 0.102 e. The first-order valence-electron chi connectivity index (χ1n) is 3.37. The maximum Gasteiger partial charge on any atom is 0.102 e. The summed E-state index contributed by atoms with van der Waals surface area (Å²) in [6.45, 7) is 1.75. The second-order valence-electron chi connectivity index (χ2n) is 2.39. The number of aromatic amines is 1. The number of nitrogens with zero attached hydrogens (tertiary/aromatic N) is 2. The third-order valence-corrected chi connectivity index (χ3v) is 2.23. The number of nitrogens with one attached hydrogen (secondary N) is 1. The number of aromatic nitrogens is 1. The van der Waals surface area contributed by atoms with Crippen molar-refractivity contribution in [2.45, 2.75) is 12.8 Å². The molecular formula is C8H6BrN3. The number of rotatable bonds is 1. The number of hydrogen-bond acceptors (Lipinski definition) is 2. The van der Waals surface area contributed by atoms with Crippen molar-refractivity contribution in [2.24, 2.45) is 0 Å². The lowest BCUT2D eigenvalue weighted by Crippen LogP contribution is -1.92. The first kappa shape index (κ1) is 8.83. The summed E-state index contributed by atoms with van der Waals surface area (Å²) >= 11 is 3.21. The second-order valence-corrected chi connectivity index (χ2v) is 3.24. The van der Waals surface area contributed by atoms with Gasteiger partial charge in [-0.15, -0.1) is 0 Å². The zero-order valence-corrected chi connectivity index (χ0v) is 8.01. The zero-order valence-electron chi connectivity index (χ0n) is 6.43. The van der Waals surface area contributed by atoms with Crippen LogP contribution in [0.3, 0.4) is 0 Å². The van der Waals surface area contributed by atoms with E-state index >= 15 is 0 Å². The Labute approximate surface area is 78.8 Å². The van der Waals surface area contributed by atoms with Crippen LogP contribution in [-0.4, -0.2) is 4.98 Å². The van der Waals surface area contributed by atoms with Gasteiger partial charge in [-0.2, -0.15) is 10.5 Å². The summed E-state index contributed by atoms with van der Waals surface area (Å²) in [5.74, 6) is -0.272. The van der Waals surface area contributed by atoms with Crippen LogP contribution in [0.5, 0.6) is 0 Å². The predicted molar refractivity (Wildman–Crippen MR) is 47.2 cm³/mol. The normalized spacial score (nSPS) is 11.7. The molecule has 0 aliphatic rings. The average Bonchev–Trinajstić information content (AvgIpc) is 2.45. The predicted octanol–water partition coefficient (Wildman–Crippen LogP) is 2.28. The topological polar surface area (TPSA) is 63.4 Å². The molecule has 1 heterocycles. The van der Waals surface area contributed by atoms with Crippen molar-refractivity contribution in [2.75, 3.05) is 0 Å². The molecule has 1 unspecified atom stereocenters. The Morgan fingerprint density at radius 2 is 2.25 bits per heavy atom. The molecule has 12 heavy (non-hydrogen) atoms. The Morgan fingerprint density at radius 3 is 2.75 bits per heavy atom. The molecule has 1 aromatic rings. The fraction of sp³-hybridized carbons (Fsp3) is 0.250. The average molecular weight is 224 g/mol. The van der Waals surface area contributed by atoms with Crippen LogP contribution in [0.25, 0.3) is 0 Å². The number of H-pyrrole nitrogens is 1. The maximum absolute atomic E-state index is 8.72. The van der Waals surface area contributed by atoms with Gasteiger partial charge in [0.05, 0.1) is 27.7 Å². The monoisotopic (exact) mass is 223 g/mol. The van der Waals surface area contributed by atoms with Crippen LogP contribution < -0.4 is 0 Å². The van der Waals surface area contributed by atoms with Gasteiger partial charge in [-0.05, 0) is 22.9 Å². The SMILES string of the molecule is CC(C#N)c1[nH]cc(Br)c1C#N. The number of nitriles is 2. The third kappa shape index (κ3) is 1.34. The molecule has 0 bridgehead atoms. The summed E-state index contributed by atoms with van der Waals surface area (Å²) in [5, 5.41) is 17.3. The Kier molecular flexibility index (Phi) is 2.52. The van der Waals surface area contributed by atoms with Crippen LogP contribution in [0.15, 0.2) is 10.7 Å². The van der Waals surface area contributed by atoms with Crippen LogP contribution in [-0.2, 0) is 0 Å². The molecule has 1 atom stereocenters. The van der Waals surface area contributed by atoms with Crippen molar-refractivity contribution in [1.29, 1.82) is 10.5 Å². The van der Waals surface area contributed by atoms with E-state index in [1.807, 2.05) is 6.07 Å². The van der Waals surface area contributed by atoms with Crippen molar-refractivity contribution in [3.63, 3.8) is 0 Å². The molecule has 4 heteroatoms. The molecule has 60 valence electrons. The Hall–Kier alpha value is -1.26. The van der Waals surface area contributed by atoms with Crippen LogP contribution in [0.1, 0.15) is 24.1 Å². The van der Waals surface area contributed by atoms with E-state index in [0.29, 0.717) is 15.7 Å². The van der Waals surface area contributed by atoms with Gasteiger partial charge < -0.3 is 4.98 Å². The molecular weight excluding hydrogens is 218 g/mol. The van der Waals surface area contributed by atoms with Gasteiger partial charge in [0.2, 0.25) is 0 Å². The van der Waals surface area contributed by atoms with Gasteiger partial charge in [-0.25, -0.2) is 0 Å². The molecule has 0 amide bonds. The third-order valence-electron chi connectivity index (χ3n) is 1.60. The Morgan fingerprint density at radius 1 is 1.58 bits per heavy atom. The van der Waals surface area contributed by atoms with E-state index in [1.54, 1.807) is 13.1 Å². The number of hydrogen-bond donors (Lipinski definition) is 1. The van der Waals surface area contributed by atoms with E-state index < -0.39 is 0 Å². The molecule has 3 nitrogen and oxygen atoms in total. The van der Waals surface area contributed by atoms with Gasteiger partial charge in [0.25, 0.3) is 0 Å². The molecule has 1 N–H and O–H groups in total. The lowest BCUT2D eigenvalue weighted by atomic mass is 10.1. The quantitative estimate of drug-likeness (QED) is 0.795. The first-order valence-corrected chi connectivity index (χ1v) is 4.16. The molecule has 0 radical (unpaired) electrons. The van der Waals surface area contributed by atoms with E-state index in [0.717, 1.165) is 0 Å². The second kappa shape index (κ2) is 3.42. The van der Waals surface area contributed by atoms with E-state index in [2.05, 4.69) is 27.0 Å². The van der Waals surface area contributed by atoms with Crippen LogP contribution >= 0.6 is 15.9 Å². The highest BCUT2D eigenvalue weighted by Gasteiger charge is 2.13. The summed E-state index contributed by atoms with van der Waals surface area (Å²) in [6.07, 6.45) is 1.67. The van der Waals surface area contributed by atoms with Crippen molar-refractivity contribution < 1.29 is 0 Å². The molecule has 0 fully saturated rings. The van der Waals surface area contributed by atoms with E-state index in [9.17, 15) is 0 Å². The molecule has 0 aliphatic carbocycles. The minimum atomic E-state index is -0.272. The van der Waals surface area contributed by atoms with Gasteiger partial charge in [0.15, 0.2) is 0 Å². The van der Waals surface area contributed by atoms with E-state index in [-0.39, 0.29) is 5.92 Å². The summed E-state index contributed by atoms with van der Waals surface area (Å²) in [5.41, 5.74) is 1.19. The van der Waals surface area contributed by atoms with Crippen molar-refractivity contribution in [1.82, 2.24) is 4.98 Å².